The van der Waals surface area contributed by atoms with Gasteiger partial charge in [0.25, 0.3) is 0 Å². The van der Waals surface area contributed by atoms with Crippen molar-refractivity contribution in [2.24, 2.45) is 5.73 Å². The highest BCUT2D eigenvalue weighted by Crippen LogP contribution is 2.39. The number of anilines is 1. The molecule has 1 saturated heterocycles. The topological polar surface area (TPSA) is 46.3 Å². The van der Waals surface area contributed by atoms with Crippen LogP contribution in [0.15, 0.2) is 24.3 Å². The van der Waals surface area contributed by atoms with Crippen LogP contribution in [-0.2, 0) is 11.2 Å². The number of nitrogens with two attached hydrogens (primary N) is 1. The maximum absolute atomic E-state index is 12.2. The maximum atomic E-state index is 12.2. The molecule has 3 nitrogen and oxygen atoms in total. The van der Waals surface area contributed by atoms with Gasteiger partial charge in [0, 0.05) is 17.6 Å². The molecule has 3 rings (SSSR count). The van der Waals surface area contributed by atoms with E-state index in [-0.39, 0.29) is 17.5 Å². The Bertz CT molecular complexity index is 467. The van der Waals surface area contributed by atoms with Gasteiger partial charge in [0.05, 0.1) is 6.04 Å². The fraction of sp³-hybridized carbons (Fsp3) is 0.500. The molecule has 2 heterocycles. The highest BCUT2D eigenvalue weighted by molar-refractivity contribution is 5.96. The van der Waals surface area contributed by atoms with Gasteiger partial charge < -0.3 is 10.6 Å². The molecule has 1 amide bonds. The average molecular weight is 230 g/mol. The van der Waals surface area contributed by atoms with Crippen molar-refractivity contribution in [2.75, 3.05) is 4.90 Å². The van der Waals surface area contributed by atoms with Gasteiger partial charge in [0.1, 0.15) is 0 Å². The Kier molecular flexibility index (Phi) is 2.26. The molecule has 0 radical (unpaired) electrons. The van der Waals surface area contributed by atoms with E-state index in [2.05, 4.69) is 13.0 Å². The number of hydrogen-bond donors (Lipinski definition) is 1. The summed E-state index contributed by atoms with van der Waals surface area (Å²) >= 11 is 0. The van der Waals surface area contributed by atoms with E-state index >= 15 is 0 Å². The number of hydrogen-bond acceptors (Lipinski definition) is 2. The van der Waals surface area contributed by atoms with Crippen LogP contribution in [0.1, 0.15) is 31.7 Å². The van der Waals surface area contributed by atoms with Crippen molar-refractivity contribution in [2.45, 2.75) is 44.2 Å². The Balaban J connectivity index is 2.09. The van der Waals surface area contributed by atoms with Crippen LogP contribution in [0.4, 0.5) is 5.69 Å². The Morgan fingerprint density at radius 1 is 1.41 bits per heavy atom. The molecule has 17 heavy (non-hydrogen) atoms. The average Bonchev–Trinajstić information content (AvgIpc) is 2.63. The fourth-order valence-corrected chi connectivity index (χ4v) is 3.13. The van der Waals surface area contributed by atoms with Crippen molar-refractivity contribution in [3.05, 3.63) is 29.8 Å². The second-order valence-electron chi connectivity index (χ2n) is 5.47. The minimum atomic E-state index is -0.273. The van der Waals surface area contributed by atoms with E-state index in [0.717, 1.165) is 24.9 Å². The van der Waals surface area contributed by atoms with Gasteiger partial charge in [-0.2, -0.15) is 0 Å². The van der Waals surface area contributed by atoms with Crippen LogP contribution < -0.4 is 10.6 Å². The predicted molar refractivity (Wildman–Crippen MR) is 67.9 cm³/mol. The van der Waals surface area contributed by atoms with Crippen molar-refractivity contribution >= 4 is 11.6 Å². The third-order valence-electron chi connectivity index (χ3n) is 4.11. The van der Waals surface area contributed by atoms with Crippen molar-refractivity contribution in [1.82, 2.24) is 0 Å². The maximum Gasteiger partial charge on any atom is 0.227 e. The monoisotopic (exact) mass is 230 g/mol. The first-order chi connectivity index (χ1) is 8.09. The summed E-state index contributed by atoms with van der Waals surface area (Å²) in [5, 5.41) is 0. The summed E-state index contributed by atoms with van der Waals surface area (Å²) < 4.78 is 0. The zero-order valence-electron chi connectivity index (χ0n) is 10.1. The quantitative estimate of drug-likeness (QED) is 0.739. The van der Waals surface area contributed by atoms with Gasteiger partial charge in [-0.05, 0) is 37.8 Å². The summed E-state index contributed by atoms with van der Waals surface area (Å²) in [6, 6.07) is 8.30. The van der Waals surface area contributed by atoms with Crippen molar-refractivity contribution < 1.29 is 4.79 Å². The number of benzene rings is 1. The number of amides is 1. The third kappa shape index (κ3) is 1.57. The smallest absolute Gasteiger partial charge is 0.227 e. The first-order valence-electron chi connectivity index (χ1n) is 6.28. The molecular formula is C14H18N2O. The van der Waals surface area contributed by atoms with Gasteiger partial charge in [0.15, 0.2) is 0 Å². The van der Waals surface area contributed by atoms with Crippen LogP contribution in [0, 0.1) is 0 Å². The van der Waals surface area contributed by atoms with E-state index < -0.39 is 0 Å². The molecule has 0 saturated carbocycles. The van der Waals surface area contributed by atoms with Gasteiger partial charge >= 0.3 is 0 Å². The molecule has 0 unspecified atom stereocenters. The summed E-state index contributed by atoms with van der Waals surface area (Å²) in [6.45, 7) is 2.08. The molecule has 1 aromatic carbocycles. The minimum Gasteiger partial charge on any atom is -0.324 e. The van der Waals surface area contributed by atoms with Gasteiger partial charge in [-0.1, -0.05) is 18.2 Å². The molecular weight excluding hydrogens is 212 g/mol. The van der Waals surface area contributed by atoms with Crippen LogP contribution in [0.5, 0.6) is 0 Å². The standard InChI is InChI=1S/C14H18N2O/c1-14(15)8-4-7-13(17)16-11-6-3-2-5-10(11)9-12(14)16/h2-3,5-6,12H,4,7-9,15H2,1H3/t12-,14-/m0/s1. The predicted octanol–water partition coefficient (Wildman–Crippen LogP) is 1.85. The van der Waals surface area contributed by atoms with E-state index in [1.165, 1.54) is 5.56 Å². The number of fused-ring (bicyclic) bond motifs is 3. The number of carbonyl (C=O) groups is 1. The Labute approximate surface area is 102 Å². The highest BCUT2D eigenvalue weighted by Gasteiger charge is 2.44. The van der Waals surface area contributed by atoms with Gasteiger partial charge in [-0.25, -0.2) is 0 Å². The molecule has 90 valence electrons. The molecule has 1 aromatic rings. The lowest BCUT2D eigenvalue weighted by molar-refractivity contribution is -0.118. The van der Waals surface area contributed by atoms with Crippen LogP contribution in [-0.4, -0.2) is 17.5 Å². The molecule has 3 heteroatoms. The largest absolute Gasteiger partial charge is 0.324 e. The molecule has 2 aliphatic heterocycles. The molecule has 0 aromatic heterocycles. The van der Waals surface area contributed by atoms with E-state index in [0.29, 0.717) is 6.42 Å². The van der Waals surface area contributed by atoms with Crippen LogP contribution in [0.3, 0.4) is 0 Å². The van der Waals surface area contributed by atoms with Gasteiger partial charge in [-0.15, -0.1) is 0 Å². The minimum absolute atomic E-state index is 0.134. The van der Waals surface area contributed by atoms with Gasteiger partial charge in [-0.3, -0.25) is 4.79 Å². The first kappa shape index (κ1) is 10.8. The summed E-state index contributed by atoms with van der Waals surface area (Å²) in [7, 11) is 0. The van der Waals surface area contributed by atoms with Crippen LogP contribution in [0.2, 0.25) is 0 Å². The lowest BCUT2D eigenvalue weighted by Crippen LogP contribution is -2.55. The molecule has 2 aliphatic rings. The van der Waals surface area contributed by atoms with E-state index in [1.54, 1.807) is 0 Å². The SMILES string of the molecule is C[C@]1(N)CCCC(=O)N2c3ccccc3C[C@H]21. The number of nitrogens with zero attached hydrogens (tertiary/aromatic N) is 1. The summed E-state index contributed by atoms with van der Waals surface area (Å²) in [6.07, 6.45) is 3.35. The molecule has 2 atom stereocenters. The second kappa shape index (κ2) is 3.57. The molecule has 2 N–H and O–H groups in total. The van der Waals surface area contributed by atoms with E-state index in [1.807, 2.05) is 23.1 Å². The zero-order valence-corrected chi connectivity index (χ0v) is 10.1. The third-order valence-corrected chi connectivity index (χ3v) is 4.11. The number of rotatable bonds is 0. The second-order valence-corrected chi connectivity index (χ2v) is 5.47. The Hall–Kier alpha value is -1.35. The molecule has 0 spiro atoms. The van der Waals surface area contributed by atoms with E-state index in [9.17, 15) is 4.79 Å². The molecule has 1 fully saturated rings. The number of carbonyl (C=O) groups excluding carboxylic acids is 1. The number of para-hydroxylation sites is 1. The summed E-state index contributed by atoms with van der Waals surface area (Å²) in [5.41, 5.74) is 8.46. The van der Waals surface area contributed by atoms with Crippen molar-refractivity contribution in [3.63, 3.8) is 0 Å². The van der Waals surface area contributed by atoms with Crippen molar-refractivity contribution in [3.8, 4) is 0 Å². The lowest BCUT2D eigenvalue weighted by Gasteiger charge is -2.35. The van der Waals surface area contributed by atoms with Gasteiger partial charge in [0.2, 0.25) is 5.91 Å². The zero-order chi connectivity index (χ0) is 12.0. The summed E-state index contributed by atoms with van der Waals surface area (Å²) in [5.74, 6) is 0.231. The Morgan fingerprint density at radius 2 is 2.18 bits per heavy atom. The summed E-state index contributed by atoms with van der Waals surface area (Å²) in [4.78, 5) is 14.2. The fourth-order valence-electron chi connectivity index (χ4n) is 3.13. The van der Waals surface area contributed by atoms with Crippen LogP contribution in [0.25, 0.3) is 0 Å². The van der Waals surface area contributed by atoms with Crippen molar-refractivity contribution in [1.29, 1.82) is 0 Å². The highest BCUT2D eigenvalue weighted by atomic mass is 16.2. The first-order valence-corrected chi connectivity index (χ1v) is 6.28. The van der Waals surface area contributed by atoms with E-state index in [4.69, 9.17) is 5.73 Å². The normalized spacial score (nSPS) is 32.0. The lowest BCUT2D eigenvalue weighted by atomic mass is 9.87. The molecule has 0 aliphatic carbocycles. The Morgan fingerprint density at radius 3 is 3.00 bits per heavy atom. The molecule has 0 bridgehead atoms. The van der Waals surface area contributed by atoms with Crippen LogP contribution >= 0.6 is 0 Å².